The molecule has 1 fully saturated rings. The highest BCUT2D eigenvalue weighted by atomic mass is 16.4. The van der Waals surface area contributed by atoms with Gasteiger partial charge in [0.15, 0.2) is 0 Å². The number of rotatable bonds is 6. The predicted octanol–water partition coefficient (Wildman–Crippen LogP) is -0.202. The molecule has 0 aromatic carbocycles. The van der Waals surface area contributed by atoms with Gasteiger partial charge in [-0.2, -0.15) is 0 Å². The predicted molar refractivity (Wildman–Crippen MR) is 65.8 cm³/mol. The van der Waals surface area contributed by atoms with E-state index < -0.39 is 18.1 Å². The Balaban J connectivity index is 2.47. The zero-order valence-corrected chi connectivity index (χ0v) is 10.7. The minimum Gasteiger partial charge on any atom is -0.480 e. The van der Waals surface area contributed by atoms with Gasteiger partial charge in [-0.15, -0.1) is 0 Å². The average Bonchev–Trinajstić information content (AvgIpc) is 2.69. The summed E-state index contributed by atoms with van der Waals surface area (Å²) in [4.78, 5) is 24.2. The molecule has 18 heavy (non-hydrogen) atoms. The molecular formula is C12H22N2O4. The number of likely N-dealkylation sites (tertiary alicyclic amines) is 1. The maximum Gasteiger partial charge on any atom is 0.326 e. The summed E-state index contributed by atoms with van der Waals surface area (Å²) >= 11 is 0. The average molecular weight is 258 g/mol. The van der Waals surface area contributed by atoms with Gasteiger partial charge in [-0.3, -0.25) is 4.79 Å². The van der Waals surface area contributed by atoms with Gasteiger partial charge in [-0.1, -0.05) is 6.92 Å². The molecule has 0 aromatic heterocycles. The lowest BCUT2D eigenvalue weighted by molar-refractivity contribution is -0.148. The molecule has 0 bridgehead atoms. The van der Waals surface area contributed by atoms with Crippen molar-refractivity contribution in [3.63, 3.8) is 0 Å². The molecule has 0 radical (unpaired) electrons. The fourth-order valence-electron chi connectivity index (χ4n) is 2.27. The van der Waals surface area contributed by atoms with Gasteiger partial charge in [0.05, 0.1) is 6.10 Å². The highest BCUT2D eigenvalue weighted by molar-refractivity contribution is 5.84. The molecule has 0 aliphatic carbocycles. The minimum absolute atomic E-state index is 0.124. The lowest BCUT2D eigenvalue weighted by Crippen LogP contribution is -2.40. The van der Waals surface area contributed by atoms with Crippen LogP contribution in [0.25, 0.3) is 0 Å². The van der Waals surface area contributed by atoms with Crippen LogP contribution in [0.15, 0.2) is 0 Å². The second-order valence-corrected chi connectivity index (χ2v) is 5.01. The Kier molecular flexibility index (Phi) is 5.55. The van der Waals surface area contributed by atoms with Gasteiger partial charge in [0.2, 0.25) is 5.91 Å². The van der Waals surface area contributed by atoms with E-state index in [1.54, 1.807) is 0 Å². The van der Waals surface area contributed by atoms with E-state index in [1.165, 1.54) is 4.90 Å². The van der Waals surface area contributed by atoms with Crippen molar-refractivity contribution in [2.45, 2.75) is 44.8 Å². The zero-order chi connectivity index (χ0) is 13.7. The molecule has 104 valence electrons. The van der Waals surface area contributed by atoms with Crippen molar-refractivity contribution in [2.24, 2.45) is 11.7 Å². The first kappa shape index (κ1) is 14.9. The third-order valence-electron chi connectivity index (χ3n) is 3.39. The summed E-state index contributed by atoms with van der Waals surface area (Å²) in [6.45, 7) is 2.74. The summed E-state index contributed by atoms with van der Waals surface area (Å²) in [5.41, 5.74) is 5.43. The van der Waals surface area contributed by atoms with E-state index in [0.717, 1.165) is 6.42 Å². The topological polar surface area (TPSA) is 104 Å². The third kappa shape index (κ3) is 3.96. The lowest BCUT2D eigenvalue weighted by atomic mass is 10.0. The Labute approximate surface area is 107 Å². The van der Waals surface area contributed by atoms with Crippen LogP contribution in [-0.2, 0) is 9.59 Å². The zero-order valence-electron chi connectivity index (χ0n) is 10.7. The molecule has 4 N–H and O–H groups in total. The van der Waals surface area contributed by atoms with Gasteiger partial charge >= 0.3 is 5.97 Å². The van der Waals surface area contributed by atoms with Crippen molar-refractivity contribution >= 4 is 11.9 Å². The molecule has 1 amide bonds. The Morgan fingerprint density at radius 3 is 2.67 bits per heavy atom. The van der Waals surface area contributed by atoms with Crippen molar-refractivity contribution in [3.05, 3.63) is 0 Å². The van der Waals surface area contributed by atoms with Crippen molar-refractivity contribution in [3.8, 4) is 0 Å². The minimum atomic E-state index is -1.05. The number of hydrogen-bond donors (Lipinski definition) is 3. The summed E-state index contributed by atoms with van der Waals surface area (Å²) in [7, 11) is 0. The number of aliphatic hydroxyl groups excluding tert-OH is 1. The SMILES string of the molecule is CC(CCN)CCC(=O)N1CC(O)C[C@H]1C(=O)O. The molecule has 6 heteroatoms. The normalized spacial score (nSPS) is 25.2. The van der Waals surface area contributed by atoms with Crippen molar-refractivity contribution in [1.29, 1.82) is 0 Å². The highest BCUT2D eigenvalue weighted by Crippen LogP contribution is 2.20. The molecule has 6 nitrogen and oxygen atoms in total. The van der Waals surface area contributed by atoms with Crippen LogP contribution < -0.4 is 5.73 Å². The molecule has 0 aromatic rings. The maximum absolute atomic E-state index is 11.9. The maximum atomic E-state index is 11.9. The van der Waals surface area contributed by atoms with Crippen molar-refractivity contribution < 1.29 is 19.8 Å². The van der Waals surface area contributed by atoms with E-state index >= 15 is 0 Å². The molecule has 1 rings (SSSR count). The van der Waals surface area contributed by atoms with Crippen LogP contribution in [0, 0.1) is 5.92 Å². The van der Waals surface area contributed by atoms with Gasteiger partial charge in [0.25, 0.3) is 0 Å². The molecule has 1 aliphatic heterocycles. The number of carboxylic acid groups (broad SMARTS) is 1. The first-order valence-corrected chi connectivity index (χ1v) is 6.36. The van der Waals surface area contributed by atoms with Gasteiger partial charge in [0.1, 0.15) is 6.04 Å². The fourth-order valence-corrected chi connectivity index (χ4v) is 2.27. The molecule has 0 saturated carbocycles. The number of nitrogens with two attached hydrogens (primary N) is 1. The van der Waals surface area contributed by atoms with E-state index in [-0.39, 0.29) is 18.9 Å². The largest absolute Gasteiger partial charge is 0.480 e. The summed E-state index contributed by atoms with van der Waals surface area (Å²) in [6, 6.07) is -0.877. The number of carbonyl (C=O) groups is 2. The first-order valence-electron chi connectivity index (χ1n) is 6.36. The van der Waals surface area contributed by atoms with Gasteiger partial charge < -0.3 is 20.8 Å². The van der Waals surface area contributed by atoms with Crippen molar-refractivity contribution in [2.75, 3.05) is 13.1 Å². The molecule has 1 aliphatic rings. The Morgan fingerprint density at radius 2 is 2.11 bits per heavy atom. The number of hydrogen-bond acceptors (Lipinski definition) is 4. The van der Waals surface area contributed by atoms with Crippen LogP contribution in [0.5, 0.6) is 0 Å². The second kappa shape index (κ2) is 6.70. The van der Waals surface area contributed by atoms with Gasteiger partial charge in [-0.25, -0.2) is 4.79 Å². The molecule has 2 unspecified atom stereocenters. The van der Waals surface area contributed by atoms with Crippen LogP contribution in [0.2, 0.25) is 0 Å². The quantitative estimate of drug-likeness (QED) is 0.612. The fraction of sp³-hybridized carbons (Fsp3) is 0.833. The highest BCUT2D eigenvalue weighted by Gasteiger charge is 2.38. The first-order chi connectivity index (χ1) is 8.45. The summed E-state index contributed by atoms with van der Waals surface area (Å²) in [5.74, 6) is -0.882. The number of nitrogens with zero attached hydrogens (tertiary/aromatic N) is 1. The van der Waals surface area contributed by atoms with E-state index in [4.69, 9.17) is 10.8 Å². The number of carbonyl (C=O) groups excluding carboxylic acids is 1. The van der Waals surface area contributed by atoms with Gasteiger partial charge in [0, 0.05) is 19.4 Å². The number of carboxylic acids is 1. The Morgan fingerprint density at radius 1 is 1.44 bits per heavy atom. The summed E-state index contributed by atoms with van der Waals surface area (Å²) in [5, 5.41) is 18.4. The number of aliphatic hydroxyl groups is 1. The van der Waals surface area contributed by atoms with E-state index in [9.17, 15) is 14.7 Å². The van der Waals surface area contributed by atoms with Crippen LogP contribution in [0.4, 0.5) is 0 Å². The number of β-amino-alcohol motifs (C(OH)–C–C–N with tert-alkyl or cyclic N) is 1. The van der Waals surface area contributed by atoms with Crippen LogP contribution in [0.3, 0.4) is 0 Å². The monoisotopic (exact) mass is 258 g/mol. The number of aliphatic carboxylic acids is 1. The Bertz CT molecular complexity index is 308. The van der Waals surface area contributed by atoms with Crippen LogP contribution >= 0.6 is 0 Å². The van der Waals surface area contributed by atoms with E-state index in [1.807, 2.05) is 6.92 Å². The van der Waals surface area contributed by atoms with E-state index in [2.05, 4.69) is 0 Å². The van der Waals surface area contributed by atoms with E-state index in [0.29, 0.717) is 25.3 Å². The molecule has 1 heterocycles. The third-order valence-corrected chi connectivity index (χ3v) is 3.39. The summed E-state index contributed by atoms with van der Waals surface area (Å²) in [6.07, 6.45) is 1.28. The van der Waals surface area contributed by atoms with Crippen LogP contribution in [-0.4, -0.2) is 52.2 Å². The lowest BCUT2D eigenvalue weighted by Gasteiger charge is -2.21. The molecule has 1 saturated heterocycles. The van der Waals surface area contributed by atoms with Crippen molar-refractivity contribution in [1.82, 2.24) is 4.90 Å². The summed E-state index contributed by atoms with van der Waals surface area (Å²) < 4.78 is 0. The van der Waals surface area contributed by atoms with Gasteiger partial charge in [-0.05, 0) is 25.3 Å². The number of amides is 1. The molecular weight excluding hydrogens is 236 g/mol. The molecule has 0 spiro atoms. The van der Waals surface area contributed by atoms with Crippen LogP contribution in [0.1, 0.15) is 32.6 Å². The molecule has 3 atom stereocenters. The smallest absolute Gasteiger partial charge is 0.326 e. The second-order valence-electron chi connectivity index (χ2n) is 5.01. The standard InChI is InChI=1S/C12H22N2O4/c1-8(4-5-13)2-3-11(16)14-7-9(15)6-10(14)12(17)18/h8-10,15H,2-7,13H2,1H3,(H,17,18)/t8?,9?,10-/m0/s1. The Hall–Kier alpha value is -1.14.